The van der Waals surface area contributed by atoms with Gasteiger partial charge in [0.1, 0.15) is 11.4 Å². The van der Waals surface area contributed by atoms with Gasteiger partial charge < -0.3 is 10.3 Å². The number of nitrogens with one attached hydrogen (secondary N) is 2. The molecule has 0 radical (unpaired) electrons. The maximum absolute atomic E-state index is 13.3. The smallest absolute Gasteiger partial charge is 0.240 e. The number of fused-ring (bicyclic) bond motifs is 1. The number of nitrogens with zero attached hydrogens (tertiary/aromatic N) is 2. The number of H-pyrrole nitrogens is 1. The Kier molecular flexibility index (Phi) is 4.98. The molecule has 1 amide bonds. The second-order valence-corrected chi connectivity index (χ2v) is 8.00. The van der Waals surface area contributed by atoms with Gasteiger partial charge in [-0.2, -0.15) is 0 Å². The Hall–Kier alpha value is -1.88. The quantitative estimate of drug-likeness (QED) is 0.880. The van der Waals surface area contributed by atoms with Crippen molar-refractivity contribution in [2.24, 2.45) is 0 Å². The number of hydrogen-bond acceptors (Lipinski definition) is 3. The molecule has 5 heteroatoms. The van der Waals surface area contributed by atoms with Crippen LogP contribution in [-0.4, -0.2) is 39.4 Å². The molecular formula is C21H30N4O. The lowest BCUT2D eigenvalue weighted by atomic mass is 9.78. The first-order valence-corrected chi connectivity index (χ1v) is 10.2. The molecule has 2 aliphatic rings. The largest absolute Gasteiger partial charge is 0.350 e. The molecule has 1 saturated carbocycles. The molecule has 0 bridgehead atoms. The Labute approximate surface area is 155 Å². The molecule has 2 N–H and O–H groups in total. The second-order valence-electron chi connectivity index (χ2n) is 8.00. The van der Waals surface area contributed by atoms with E-state index < -0.39 is 0 Å². The van der Waals surface area contributed by atoms with Crippen molar-refractivity contribution < 1.29 is 4.79 Å². The fourth-order valence-electron chi connectivity index (χ4n) is 4.79. The summed E-state index contributed by atoms with van der Waals surface area (Å²) >= 11 is 0. The minimum atomic E-state index is -0.270. The van der Waals surface area contributed by atoms with Crippen LogP contribution in [0, 0.1) is 6.92 Å². The molecule has 0 unspecified atom stereocenters. The van der Waals surface area contributed by atoms with Crippen LogP contribution in [-0.2, 0) is 11.3 Å². The van der Waals surface area contributed by atoms with Crippen molar-refractivity contribution in [3.05, 3.63) is 29.6 Å². The highest BCUT2D eigenvalue weighted by atomic mass is 16.2. The van der Waals surface area contributed by atoms with E-state index in [1.165, 1.54) is 38.5 Å². The highest BCUT2D eigenvalue weighted by molar-refractivity contribution is 5.86. The molecule has 1 aliphatic carbocycles. The number of aromatic amines is 1. The van der Waals surface area contributed by atoms with Crippen molar-refractivity contribution in [2.75, 3.05) is 13.1 Å². The van der Waals surface area contributed by atoms with Crippen LogP contribution in [0.4, 0.5) is 0 Å². The molecule has 0 spiro atoms. The molecular weight excluding hydrogens is 324 g/mol. The SMILES string of the molecule is Cc1nc2ccc(CNC(=O)C3(N4CCCCC4)CCCCC3)cc2[nH]1. The summed E-state index contributed by atoms with van der Waals surface area (Å²) < 4.78 is 0. The van der Waals surface area contributed by atoms with Gasteiger partial charge in [-0.15, -0.1) is 0 Å². The van der Waals surface area contributed by atoms with Gasteiger partial charge in [0.25, 0.3) is 0 Å². The van der Waals surface area contributed by atoms with Crippen LogP contribution in [0.5, 0.6) is 0 Å². The van der Waals surface area contributed by atoms with Crippen molar-refractivity contribution in [1.29, 1.82) is 0 Å². The number of amides is 1. The minimum Gasteiger partial charge on any atom is -0.350 e. The molecule has 0 atom stereocenters. The van der Waals surface area contributed by atoms with Gasteiger partial charge in [-0.25, -0.2) is 4.98 Å². The Balaban J connectivity index is 1.48. The molecule has 2 aromatic rings. The Morgan fingerprint density at radius 3 is 2.65 bits per heavy atom. The number of hydrogen-bond donors (Lipinski definition) is 2. The molecule has 2 heterocycles. The summed E-state index contributed by atoms with van der Waals surface area (Å²) in [5, 5.41) is 3.26. The van der Waals surface area contributed by atoms with Crippen LogP contribution in [0.25, 0.3) is 11.0 Å². The second kappa shape index (κ2) is 7.39. The number of aromatic nitrogens is 2. The molecule has 26 heavy (non-hydrogen) atoms. The third-order valence-corrected chi connectivity index (χ3v) is 6.18. The average Bonchev–Trinajstić information content (AvgIpc) is 3.06. The monoisotopic (exact) mass is 354 g/mol. The maximum atomic E-state index is 13.3. The highest BCUT2D eigenvalue weighted by Gasteiger charge is 2.44. The van der Waals surface area contributed by atoms with Gasteiger partial charge in [-0.3, -0.25) is 9.69 Å². The van der Waals surface area contributed by atoms with Gasteiger partial charge in [0, 0.05) is 6.54 Å². The van der Waals surface area contributed by atoms with Crippen LogP contribution in [0.2, 0.25) is 0 Å². The van der Waals surface area contributed by atoms with E-state index in [2.05, 4.69) is 32.3 Å². The fourth-order valence-corrected chi connectivity index (χ4v) is 4.79. The van der Waals surface area contributed by atoms with E-state index in [0.717, 1.165) is 48.4 Å². The van der Waals surface area contributed by atoms with Crippen LogP contribution in [0.3, 0.4) is 0 Å². The molecule has 1 aliphatic heterocycles. The van der Waals surface area contributed by atoms with Crippen LogP contribution in [0.15, 0.2) is 18.2 Å². The van der Waals surface area contributed by atoms with Crippen molar-refractivity contribution in [3.63, 3.8) is 0 Å². The van der Waals surface area contributed by atoms with Gasteiger partial charge in [0.2, 0.25) is 5.91 Å². The maximum Gasteiger partial charge on any atom is 0.240 e. The summed E-state index contributed by atoms with van der Waals surface area (Å²) in [4.78, 5) is 23.5. The molecule has 1 saturated heterocycles. The van der Waals surface area contributed by atoms with Gasteiger partial charge in [0.15, 0.2) is 0 Å². The van der Waals surface area contributed by atoms with E-state index in [1.807, 2.05) is 13.0 Å². The lowest BCUT2D eigenvalue weighted by Gasteiger charge is -2.46. The summed E-state index contributed by atoms with van der Waals surface area (Å²) in [5.41, 5.74) is 2.87. The molecule has 1 aromatic heterocycles. The lowest BCUT2D eigenvalue weighted by Crippen LogP contribution is -2.60. The third-order valence-electron chi connectivity index (χ3n) is 6.18. The van der Waals surface area contributed by atoms with Crippen LogP contribution >= 0.6 is 0 Å². The van der Waals surface area contributed by atoms with E-state index in [-0.39, 0.29) is 11.4 Å². The number of piperidine rings is 1. The Bertz CT molecular complexity index is 769. The van der Waals surface area contributed by atoms with Gasteiger partial charge in [-0.05, 0) is 63.4 Å². The summed E-state index contributed by atoms with van der Waals surface area (Å²) in [6, 6.07) is 6.20. The van der Waals surface area contributed by atoms with E-state index in [0.29, 0.717) is 6.54 Å². The number of likely N-dealkylation sites (tertiary alicyclic amines) is 1. The predicted molar refractivity (Wildman–Crippen MR) is 104 cm³/mol. The number of imidazole rings is 1. The first-order chi connectivity index (χ1) is 12.7. The average molecular weight is 354 g/mol. The lowest BCUT2D eigenvalue weighted by molar-refractivity contribution is -0.137. The molecule has 140 valence electrons. The summed E-state index contributed by atoms with van der Waals surface area (Å²) in [6.07, 6.45) is 9.38. The van der Waals surface area contributed by atoms with E-state index in [9.17, 15) is 4.79 Å². The van der Waals surface area contributed by atoms with E-state index in [1.54, 1.807) is 0 Å². The summed E-state index contributed by atoms with van der Waals surface area (Å²) in [6.45, 7) is 4.70. The number of carbonyl (C=O) groups is 1. The van der Waals surface area contributed by atoms with Crippen molar-refractivity contribution in [2.45, 2.75) is 70.4 Å². The zero-order chi connectivity index (χ0) is 18.0. The first kappa shape index (κ1) is 17.5. The molecule has 1 aromatic carbocycles. The van der Waals surface area contributed by atoms with Crippen LogP contribution in [0.1, 0.15) is 62.8 Å². The normalized spacial score (nSPS) is 21.0. The van der Waals surface area contributed by atoms with Crippen molar-refractivity contribution in [3.8, 4) is 0 Å². The number of rotatable bonds is 4. The number of aryl methyl sites for hydroxylation is 1. The first-order valence-electron chi connectivity index (χ1n) is 10.2. The summed E-state index contributed by atoms with van der Waals surface area (Å²) in [7, 11) is 0. The number of carbonyl (C=O) groups excluding carboxylic acids is 1. The summed E-state index contributed by atoms with van der Waals surface area (Å²) in [5.74, 6) is 1.16. The molecule has 5 nitrogen and oxygen atoms in total. The highest BCUT2D eigenvalue weighted by Crippen LogP contribution is 2.36. The minimum absolute atomic E-state index is 0.236. The zero-order valence-electron chi connectivity index (χ0n) is 15.8. The van der Waals surface area contributed by atoms with Gasteiger partial charge in [-0.1, -0.05) is 31.7 Å². The van der Waals surface area contributed by atoms with Crippen molar-refractivity contribution in [1.82, 2.24) is 20.2 Å². The third kappa shape index (κ3) is 3.37. The van der Waals surface area contributed by atoms with E-state index in [4.69, 9.17) is 0 Å². The number of benzene rings is 1. The zero-order valence-corrected chi connectivity index (χ0v) is 15.8. The topological polar surface area (TPSA) is 61.0 Å². The standard InChI is InChI=1S/C21H30N4O/c1-16-23-18-9-8-17(14-19(18)24-16)15-22-20(26)21(10-4-2-5-11-21)25-12-6-3-7-13-25/h8-9,14H,2-7,10-13,15H2,1H3,(H,22,26)(H,23,24). The predicted octanol–water partition coefficient (Wildman–Crippen LogP) is 3.68. The Morgan fingerprint density at radius 2 is 1.88 bits per heavy atom. The fraction of sp³-hybridized carbons (Fsp3) is 0.619. The van der Waals surface area contributed by atoms with E-state index >= 15 is 0 Å². The van der Waals surface area contributed by atoms with Gasteiger partial charge in [0.05, 0.1) is 11.0 Å². The Morgan fingerprint density at radius 1 is 1.15 bits per heavy atom. The van der Waals surface area contributed by atoms with Crippen molar-refractivity contribution >= 4 is 16.9 Å². The van der Waals surface area contributed by atoms with Crippen LogP contribution < -0.4 is 5.32 Å². The van der Waals surface area contributed by atoms with Gasteiger partial charge >= 0.3 is 0 Å². The molecule has 2 fully saturated rings. The molecule has 4 rings (SSSR count).